The van der Waals surface area contributed by atoms with E-state index >= 15 is 4.39 Å². The second-order valence-corrected chi connectivity index (χ2v) is 23.7. The number of fused-ring (bicyclic) bond motifs is 4. The van der Waals surface area contributed by atoms with Crippen LogP contribution in [0.2, 0.25) is 0 Å². The number of likely N-dealkylation sites (N-methyl/N-ethyl adjacent to an activating group) is 1. The highest BCUT2D eigenvalue weighted by atomic mass is 19.1. The lowest BCUT2D eigenvalue weighted by Crippen LogP contribution is -2.59. The van der Waals surface area contributed by atoms with E-state index in [2.05, 4.69) is 55.8 Å². The molecule has 7 N–H and O–H groups in total. The van der Waals surface area contributed by atoms with Gasteiger partial charge in [-0.2, -0.15) is 5.10 Å². The van der Waals surface area contributed by atoms with E-state index in [1.54, 1.807) is 60.6 Å². The van der Waals surface area contributed by atoms with Crippen molar-refractivity contribution in [1.29, 1.82) is 0 Å². The molecular formula is C64H79F2N13O9. The summed E-state index contributed by atoms with van der Waals surface area (Å²) in [5.41, 5.74) is 5.25. The van der Waals surface area contributed by atoms with Gasteiger partial charge in [-0.05, 0) is 126 Å². The second kappa shape index (κ2) is 27.7. The first-order valence-electron chi connectivity index (χ1n) is 30.7. The van der Waals surface area contributed by atoms with Crippen molar-refractivity contribution in [3.63, 3.8) is 0 Å². The molecule has 4 aromatic heterocycles. The molecule has 468 valence electrons. The lowest BCUT2D eigenvalue weighted by molar-refractivity contribution is -0.143. The SMILES string of the molecule is CCNC(=O)[C@H](Cc1ccc(F)cc1)NC(=O)[C@@H]1CCCN1C(=O)[C@@H](NC(=O)[C@H](C)NCCOCCNC(=O)c1ccc(-c2[nH]c3ncc4c(c3c2-c2ccc3c(cnn3C(C)C)c2)n([C@@H]2CC[C@@H](NC(=O)OC)C2)c(=O)n4C)cc1F)C1CCCCC1. The van der Waals surface area contributed by atoms with Crippen LogP contribution in [-0.2, 0) is 42.1 Å². The second-order valence-electron chi connectivity index (χ2n) is 23.7. The number of nitrogens with zero attached hydrogens (tertiary/aromatic N) is 6. The van der Waals surface area contributed by atoms with Gasteiger partial charge in [0, 0.05) is 74.3 Å². The lowest BCUT2D eigenvalue weighted by atomic mass is 9.83. The zero-order valence-electron chi connectivity index (χ0n) is 50.7. The van der Waals surface area contributed by atoms with Crippen LogP contribution in [0.1, 0.15) is 120 Å². The summed E-state index contributed by atoms with van der Waals surface area (Å²) in [4.78, 5) is 105. The number of aromatic nitrogens is 6. The van der Waals surface area contributed by atoms with Crippen LogP contribution < -0.4 is 37.6 Å². The minimum Gasteiger partial charge on any atom is -0.453 e. The number of H-pyrrole nitrogens is 1. The number of rotatable bonds is 23. The van der Waals surface area contributed by atoms with Crippen LogP contribution >= 0.6 is 0 Å². The van der Waals surface area contributed by atoms with E-state index in [9.17, 15) is 38.0 Å². The Labute approximate surface area is 508 Å². The molecule has 7 aromatic rings. The molecule has 0 spiro atoms. The molecule has 10 rings (SSSR count). The molecule has 5 heterocycles. The van der Waals surface area contributed by atoms with Crippen LogP contribution in [0.5, 0.6) is 0 Å². The molecule has 3 aromatic carbocycles. The number of alkyl carbamates (subject to hydrolysis) is 1. The Morgan fingerprint density at radius 2 is 1.58 bits per heavy atom. The summed E-state index contributed by atoms with van der Waals surface area (Å²) in [6, 6.07) is 12.3. The summed E-state index contributed by atoms with van der Waals surface area (Å²) in [6.45, 7) is 8.78. The molecule has 88 heavy (non-hydrogen) atoms. The number of methoxy groups -OCH3 is 1. The molecule has 1 aliphatic heterocycles. The maximum absolute atomic E-state index is 16.4. The summed E-state index contributed by atoms with van der Waals surface area (Å²) < 4.78 is 46.0. The smallest absolute Gasteiger partial charge is 0.407 e. The first-order valence-corrected chi connectivity index (χ1v) is 30.7. The number of carbonyl (C=O) groups is 6. The average molecular weight is 1210 g/mol. The number of hydrogen-bond acceptors (Lipinski definition) is 12. The minimum atomic E-state index is -0.956. The van der Waals surface area contributed by atoms with Gasteiger partial charge in [0.25, 0.3) is 5.91 Å². The number of aromatic amines is 1. The standard InChI is InChI=1S/C64H79F2N13O9/c1-7-67-60(82)48(30-38-15-19-43(65)20-16-38)73-61(83)50-14-11-27-77(50)62(84)55(39-12-9-8-10-13-39)75-58(80)37(4)68-25-28-88-29-26-69-59(81)46-23-17-41(32-47(46)66)54-52(40-18-24-49-42(31-40)34-71-79(49)36(2)3)53-56-51(35-70-57(53)74-54)76(5)64(86)78(56)45-22-21-44(33-45)72-63(85)87-6/h15-20,23-24,31-32,34-37,39,44-45,48,50,55,68H,7-14,21-22,25-30,33H2,1-6H3,(H,67,82)(H,69,81)(H,70,74)(H,72,85)(H,73,83)(H,75,80)/t37-,44+,45+,48-,50-,55-/m0/s1. The highest BCUT2D eigenvalue weighted by molar-refractivity contribution is 6.15. The van der Waals surface area contributed by atoms with Crippen molar-refractivity contribution in [2.24, 2.45) is 13.0 Å². The number of pyridine rings is 1. The normalized spacial score (nSPS) is 18.2. The highest BCUT2D eigenvalue weighted by Crippen LogP contribution is 2.44. The van der Waals surface area contributed by atoms with Crippen LogP contribution in [-0.4, -0.2) is 146 Å². The molecule has 0 radical (unpaired) electrons. The van der Waals surface area contributed by atoms with Crippen molar-refractivity contribution < 1.29 is 47.0 Å². The summed E-state index contributed by atoms with van der Waals surface area (Å²) in [5, 5.41) is 23.6. The third-order valence-electron chi connectivity index (χ3n) is 17.5. The zero-order chi connectivity index (χ0) is 62.3. The molecule has 6 amide bonds. The molecular weight excluding hydrogens is 1130 g/mol. The summed E-state index contributed by atoms with van der Waals surface area (Å²) in [6.07, 6.45) is 10.1. The van der Waals surface area contributed by atoms with Gasteiger partial charge in [0.1, 0.15) is 35.4 Å². The Morgan fingerprint density at radius 1 is 0.818 bits per heavy atom. The average Bonchev–Trinajstić information content (AvgIpc) is 1.78. The third kappa shape index (κ3) is 13.5. The van der Waals surface area contributed by atoms with Gasteiger partial charge in [0.2, 0.25) is 23.6 Å². The van der Waals surface area contributed by atoms with E-state index in [0.29, 0.717) is 89.6 Å². The van der Waals surface area contributed by atoms with Gasteiger partial charge in [-0.15, -0.1) is 0 Å². The topological polar surface area (TPSA) is 270 Å². The Bertz CT molecular complexity index is 3780. The monoisotopic (exact) mass is 1210 g/mol. The molecule has 2 saturated carbocycles. The predicted octanol–water partition coefficient (Wildman–Crippen LogP) is 6.85. The van der Waals surface area contributed by atoms with Crippen LogP contribution in [0.25, 0.3) is 55.4 Å². The Hall–Kier alpha value is -8.51. The number of nitrogens with one attached hydrogen (secondary N) is 7. The number of imidazole rings is 1. The summed E-state index contributed by atoms with van der Waals surface area (Å²) in [7, 11) is 3.02. The van der Waals surface area contributed by atoms with E-state index in [1.807, 2.05) is 22.9 Å². The molecule has 0 bridgehead atoms. The van der Waals surface area contributed by atoms with Crippen molar-refractivity contribution in [2.75, 3.05) is 46.5 Å². The van der Waals surface area contributed by atoms with Crippen molar-refractivity contribution in [1.82, 2.24) is 65.7 Å². The van der Waals surface area contributed by atoms with Crippen molar-refractivity contribution in [3.8, 4) is 22.4 Å². The first kappa shape index (κ1) is 62.5. The van der Waals surface area contributed by atoms with Gasteiger partial charge < -0.3 is 51.3 Å². The fraction of sp³-hybridized carbons (Fsp3) is 0.484. The molecule has 2 aliphatic carbocycles. The van der Waals surface area contributed by atoms with E-state index in [1.165, 1.54) is 36.3 Å². The predicted molar refractivity (Wildman–Crippen MR) is 328 cm³/mol. The van der Waals surface area contributed by atoms with Gasteiger partial charge in [-0.1, -0.05) is 43.5 Å². The van der Waals surface area contributed by atoms with Crippen molar-refractivity contribution >= 4 is 68.6 Å². The molecule has 1 saturated heterocycles. The van der Waals surface area contributed by atoms with Crippen molar-refractivity contribution in [3.05, 3.63) is 106 Å². The number of carbonyl (C=O) groups excluding carboxylic acids is 6. The van der Waals surface area contributed by atoms with Crippen molar-refractivity contribution in [2.45, 2.75) is 141 Å². The number of hydrogen-bond donors (Lipinski definition) is 7. The van der Waals surface area contributed by atoms with Crippen LogP contribution in [0, 0.1) is 17.6 Å². The van der Waals surface area contributed by atoms with Gasteiger partial charge in [0.15, 0.2) is 0 Å². The van der Waals surface area contributed by atoms with Crippen LogP contribution in [0.15, 0.2) is 77.9 Å². The lowest BCUT2D eigenvalue weighted by Gasteiger charge is -2.35. The highest BCUT2D eigenvalue weighted by Gasteiger charge is 2.42. The largest absolute Gasteiger partial charge is 0.453 e. The Morgan fingerprint density at radius 3 is 2.32 bits per heavy atom. The maximum atomic E-state index is 16.4. The fourth-order valence-corrected chi connectivity index (χ4v) is 13.0. The summed E-state index contributed by atoms with van der Waals surface area (Å²) in [5.74, 6) is -3.56. The zero-order valence-corrected chi connectivity index (χ0v) is 50.7. The maximum Gasteiger partial charge on any atom is 0.407 e. The van der Waals surface area contributed by atoms with Crippen LogP contribution in [0.4, 0.5) is 13.6 Å². The fourth-order valence-electron chi connectivity index (χ4n) is 13.0. The van der Waals surface area contributed by atoms with E-state index in [0.717, 1.165) is 48.6 Å². The van der Waals surface area contributed by atoms with Gasteiger partial charge in [-0.25, -0.2) is 23.4 Å². The molecule has 24 heteroatoms. The molecule has 3 aliphatic rings. The summed E-state index contributed by atoms with van der Waals surface area (Å²) >= 11 is 0. The Balaban J connectivity index is 0.768. The Kier molecular flexibility index (Phi) is 19.7. The van der Waals surface area contributed by atoms with E-state index in [4.69, 9.17) is 14.5 Å². The molecule has 22 nitrogen and oxygen atoms in total. The van der Waals surface area contributed by atoms with Crippen LogP contribution in [0.3, 0.4) is 0 Å². The van der Waals surface area contributed by atoms with Gasteiger partial charge in [0.05, 0.1) is 72.0 Å². The molecule has 6 atom stereocenters. The number of likely N-dealkylation sites (tertiary alicyclic amines) is 1. The number of halogens is 2. The van der Waals surface area contributed by atoms with Gasteiger partial charge in [-0.3, -0.25) is 37.8 Å². The molecule has 0 unspecified atom stereocenters. The number of ether oxygens (including phenoxy) is 2. The number of amides is 6. The number of benzene rings is 3. The van der Waals surface area contributed by atoms with Gasteiger partial charge >= 0.3 is 11.8 Å². The minimum absolute atomic E-state index is 0.0561. The quantitative estimate of drug-likeness (QED) is 0.0324. The third-order valence-corrected chi connectivity index (χ3v) is 17.5. The number of aryl methyl sites for hydroxylation is 1. The molecule has 3 fully saturated rings. The first-order chi connectivity index (χ1) is 42.4. The van der Waals surface area contributed by atoms with E-state index < -0.39 is 65.5 Å². The van der Waals surface area contributed by atoms with E-state index in [-0.39, 0.29) is 73.9 Å².